The van der Waals surface area contributed by atoms with Crippen molar-refractivity contribution in [3.63, 3.8) is 0 Å². The van der Waals surface area contributed by atoms with Gasteiger partial charge in [-0.05, 0) is 36.2 Å². The second-order valence-electron chi connectivity index (χ2n) is 5.13. The zero-order valence-electron chi connectivity index (χ0n) is 12.1. The van der Waals surface area contributed by atoms with Gasteiger partial charge in [-0.2, -0.15) is 0 Å². The summed E-state index contributed by atoms with van der Waals surface area (Å²) in [5.74, 6) is 1.07. The highest BCUT2D eigenvalue weighted by molar-refractivity contribution is 5.63. The minimum Gasteiger partial charge on any atom is -0.265 e. The van der Waals surface area contributed by atoms with Crippen molar-refractivity contribution in [2.75, 3.05) is 0 Å². The number of aromatic nitrogens is 4. The molecule has 3 aromatic heterocycles. The largest absolute Gasteiger partial charge is 0.265 e. The van der Waals surface area contributed by atoms with Gasteiger partial charge in [-0.15, -0.1) is 0 Å². The van der Waals surface area contributed by atoms with E-state index in [0.29, 0.717) is 5.92 Å². The lowest BCUT2D eigenvalue weighted by Gasteiger charge is -2.10. The maximum atomic E-state index is 4.69. The Hall–Kier alpha value is -2.62. The Balaban J connectivity index is 2.16. The fourth-order valence-electron chi connectivity index (χ4n) is 2.06. The van der Waals surface area contributed by atoms with Crippen LogP contribution in [0.3, 0.4) is 0 Å². The number of rotatable bonds is 3. The third kappa shape index (κ3) is 2.94. The summed E-state index contributed by atoms with van der Waals surface area (Å²) in [6.45, 7) is 4.27. The Labute approximate surface area is 124 Å². The van der Waals surface area contributed by atoms with Crippen LogP contribution in [0.15, 0.2) is 55.1 Å². The van der Waals surface area contributed by atoms with Crippen LogP contribution in [-0.4, -0.2) is 19.9 Å². The van der Waals surface area contributed by atoms with Crippen molar-refractivity contribution in [3.05, 3.63) is 60.8 Å². The first-order chi connectivity index (χ1) is 10.2. The molecule has 0 saturated heterocycles. The standard InChI is InChI=1S/C17H16N4/c1-12(2)15-11-16(13-3-7-18-8-4-13)21-17(20-15)14-5-9-19-10-6-14/h3-12H,1-2H3. The zero-order valence-corrected chi connectivity index (χ0v) is 12.1. The molecule has 0 radical (unpaired) electrons. The maximum Gasteiger partial charge on any atom is 0.160 e. The third-order valence-electron chi connectivity index (χ3n) is 3.25. The lowest BCUT2D eigenvalue weighted by Crippen LogP contribution is -2.00. The van der Waals surface area contributed by atoms with Crippen LogP contribution in [0, 0.1) is 0 Å². The van der Waals surface area contributed by atoms with Gasteiger partial charge in [0.05, 0.1) is 5.69 Å². The predicted molar refractivity (Wildman–Crippen MR) is 82.6 cm³/mol. The van der Waals surface area contributed by atoms with E-state index in [1.165, 1.54) is 0 Å². The van der Waals surface area contributed by atoms with E-state index >= 15 is 0 Å². The Morgan fingerprint density at radius 3 is 1.90 bits per heavy atom. The van der Waals surface area contributed by atoms with Crippen LogP contribution in [0.2, 0.25) is 0 Å². The molecule has 0 fully saturated rings. The van der Waals surface area contributed by atoms with E-state index in [9.17, 15) is 0 Å². The SMILES string of the molecule is CC(C)c1cc(-c2ccncc2)nc(-c2ccncc2)n1. The van der Waals surface area contributed by atoms with E-state index in [4.69, 9.17) is 0 Å². The molecule has 0 atom stereocenters. The second kappa shape index (κ2) is 5.79. The van der Waals surface area contributed by atoms with Crippen molar-refractivity contribution in [1.29, 1.82) is 0 Å². The molecule has 3 aromatic rings. The van der Waals surface area contributed by atoms with E-state index in [2.05, 4.69) is 33.8 Å². The van der Waals surface area contributed by atoms with Gasteiger partial charge in [0.15, 0.2) is 5.82 Å². The third-order valence-corrected chi connectivity index (χ3v) is 3.25. The molecule has 0 aliphatic rings. The first kappa shape index (κ1) is 13.4. The van der Waals surface area contributed by atoms with Gasteiger partial charge in [-0.1, -0.05) is 13.8 Å². The van der Waals surface area contributed by atoms with E-state index < -0.39 is 0 Å². The molecule has 0 saturated carbocycles. The summed E-state index contributed by atoms with van der Waals surface area (Å²) in [6.07, 6.45) is 7.07. The number of hydrogen-bond donors (Lipinski definition) is 0. The van der Waals surface area contributed by atoms with Crippen molar-refractivity contribution in [2.24, 2.45) is 0 Å². The highest BCUT2D eigenvalue weighted by Gasteiger charge is 2.10. The normalized spacial score (nSPS) is 10.8. The molecule has 0 bridgehead atoms. The summed E-state index contributed by atoms with van der Waals surface area (Å²) in [5.41, 5.74) is 3.97. The molecule has 0 amide bonds. The van der Waals surface area contributed by atoms with Crippen LogP contribution in [0.4, 0.5) is 0 Å². The minimum absolute atomic E-state index is 0.342. The molecule has 0 unspecified atom stereocenters. The molecule has 4 nitrogen and oxygen atoms in total. The summed E-state index contributed by atoms with van der Waals surface area (Å²) in [4.78, 5) is 17.5. The topological polar surface area (TPSA) is 51.6 Å². The first-order valence-corrected chi connectivity index (χ1v) is 6.94. The molecule has 3 rings (SSSR count). The van der Waals surface area contributed by atoms with Crippen molar-refractivity contribution in [1.82, 2.24) is 19.9 Å². The Kier molecular flexibility index (Phi) is 3.69. The molecule has 104 valence electrons. The van der Waals surface area contributed by atoms with E-state index in [-0.39, 0.29) is 0 Å². The summed E-state index contributed by atoms with van der Waals surface area (Å²) < 4.78 is 0. The average molecular weight is 276 g/mol. The van der Waals surface area contributed by atoms with Gasteiger partial charge in [0.25, 0.3) is 0 Å². The van der Waals surface area contributed by atoms with Crippen LogP contribution < -0.4 is 0 Å². The van der Waals surface area contributed by atoms with Crippen molar-refractivity contribution in [2.45, 2.75) is 19.8 Å². The van der Waals surface area contributed by atoms with Crippen LogP contribution >= 0.6 is 0 Å². The van der Waals surface area contributed by atoms with Crippen LogP contribution in [0.25, 0.3) is 22.6 Å². The van der Waals surface area contributed by atoms with Gasteiger partial charge in [0, 0.05) is 41.6 Å². The number of hydrogen-bond acceptors (Lipinski definition) is 4. The van der Waals surface area contributed by atoms with Crippen LogP contribution in [-0.2, 0) is 0 Å². The highest BCUT2D eigenvalue weighted by atomic mass is 14.9. The minimum atomic E-state index is 0.342. The van der Waals surface area contributed by atoms with Gasteiger partial charge in [0.1, 0.15) is 0 Å². The van der Waals surface area contributed by atoms with Crippen LogP contribution in [0.1, 0.15) is 25.5 Å². The number of pyridine rings is 2. The van der Waals surface area contributed by atoms with Crippen molar-refractivity contribution < 1.29 is 0 Å². The van der Waals surface area contributed by atoms with Crippen molar-refractivity contribution in [3.8, 4) is 22.6 Å². The second-order valence-corrected chi connectivity index (χ2v) is 5.13. The molecule has 0 aromatic carbocycles. The molecule has 0 spiro atoms. The lowest BCUT2D eigenvalue weighted by atomic mass is 10.1. The van der Waals surface area contributed by atoms with Gasteiger partial charge in [-0.3, -0.25) is 9.97 Å². The zero-order chi connectivity index (χ0) is 14.7. The molecule has 0 N–H and O–H groups in total. The smallest absolute Gasteiger partial charge is 0.160 e. The van der Waals surface area contributed by atoms with Crippen LogP contribution in [0.5, 0.6) is 0 Å². The fraction of sp³-hybridized carbons (Fsp3) is 0.176. The van der Waals surface area contributed by atoms with E-state index in [1.807, 2.05) is 30.3 Å². The Bertz CT molecular complexity index is 667. The van der Waals surface area contributed by atoms with Gasteiger partial charge in [-0.25, -0.2) is 9.97 Å². The van der Waals surface area contributed by atoms with E-state index in [0.717, 1.165) is 28.3 Å². The quantitative estimate of drug-likeness (QED) is 0.731. The lowest BCUT2D eigenvalue weighted by molar-refractivity contribution is 0.818. The molecule has 4 heteroatoms. The first-order valence-electron chi connectivity index (χ1n) is 6.94. The van der Waals surface area contributed by atoms with E-state index in [1.54, 1.807) is 24.8 Å². The summed E-state index contributed by atoms with van der Waals surface area (Å²) in [7, 11) is 0. The monoisotopic (exact) mass is 276 g/mol. The van der Waals surface area contributed by atoms with Crippen molar-refractivity contribution >= 4 is 0 Å². The Morgan fingerprint density at radius 1 is 0.762 bits per heavy atom. The Morgan fingerprint density at radius 2 is 1.33 bits per heavy atom. The molecule has 21 heavy (non-hydrogen) atoms. The fourth-order valence-corrected chi connectivity index (χ4v) is 2.06. The average Bonchev–Trinajstić information content (AvgIpc) is 2.56. The molecule has 3 heterocycles. The molecular formula is C17H16N4. The summed E-state index contributed by atoms with van der Waals surface area (Å²) in [5, 5.41) is 0. The highest BCUT2D eigenvalue weighted by Crippen LogP contribution is 2.24. The molecule has 0 aliphatic carbocycles. The van der Waals surface area contributed by atoms with Gasteiger partial charge < -0.3 is 0 Å². The van der Waals surface area contributed by atoms with Gasteiger partial charge >= 0.3 is 0 Å². The molecular weight excluding hydrogens is 260 g/mol. The van der Waals surface area contributed by atoms with Gasteiger partial charge in [0.2, 0.25) is 0 Å². The number of nitrogens with zero attached hydrogens (tertiary/aromatic N) is 4. The maximum absolute atomic E-state index is 4.69. The molecule has 0 aliphatic heterocycles. The summed E-state index contributed by atoms with van der Waals surface area (Å²) in [6, 6.07) is 9.82. The summed E-state index contributed by atoms with van der Waals surface area (Å²) >= 11 is 0. The predicted octanol–water partition coefficient (Wildman–Crippen LogP) is 3.72.